The fraction of sp³-hybridized carbons (Fsp3) is 0.320. The summed E-state index contributed by atoms with van der Waals surface area (Å²) < 4.78 is 5.63. The number of carbonyl (C=O) groups excluding carboxylic acids is 2. The Labute approximate surface area is 176 Å². The Bertz CT molecular complexity index is 1140. The van der Waals surface area contributed by atoms with Crippen LogP contribution < -0.4 is 5.32 Å². The minimum Gasteiger partial charge on any atom is -0.449 e. The number of nitrogens with zero attached hydrogens (tertiary/aromatic N) is 1. The van der Waals surface area contributed by atoms with E-state index >= 15 is 0 Å². The van der Waals surface area contributed by atoms with E-state index in [1.165, 1.54) is 0 Å². The van der Waals surface area contributed by atoms with Crippen molar-refractivity contribution in [2.24, 2.45) is 0 Å². The SMILES string of the molecule is Cc1cc(C)c(NC(=O)[C@H](C)OC(=O)c2c3c(nc4ccccc24)CCC3)c(C)c1. The molecule has 0 unspecified atom stereocenters. The van der Waals surface area contributed by atoms with E-state index in [0.717, 1.165) is 63.8 Å². The number of para-hydroxylation sites is 1. The molecule has 3 aromatic rings. The van der Waals surface area contributed by atoms with Crippen LogP contribution in [0.3, 0.4) is 0 Å². The summed E-state index contributed by atoms with van der Waals surface area (Å²) in [5, 5.41) is 3.70. The molecule has 0 bridgehead atoms. The van der Waals surface area contributed by atoms with E-state index < -0.39 is 12.1 Å². The zero-order valence-electron chi connectivity index (χ0n) is 17.8. The minimum absolute atomic E-state index is 0.339. The number of amides is 1. The van der Waals surface area contributed by atoms with E-state index in [1.807, 2.05) is 57.2 Å². The number of esters is 1. The Balaban J connectivity index is 1.58. The van der Waals surface area contributed by atoms with Gasteiger partial charge in [-0.15, -0.1) is 0 Å². The highest BCUT2D eigenvalue weighted by molar-refractivity contribution is 6.06. The normalized spacial score (nSPS) is 13.7. The molecule has 0 saturated heterocycles. The van der Waals surface area contributed by atoms with Crippen molar-refractivity contribution in [2.75, 3.05) is 5.32 Å². The molecule has 1 N–H and O–H groups in total. The van der Waals surface area contributed by atoms with Crippen molar-refractivity contribution in [2.45, 2.75) is 53.1 Å². The fourth-order valence-electron chi connectivity index (χ4n) is 4.32. The zero-order valence-corrected chi connectivity index (χ0v) is 17.8. The van der Waals surface area contributed by atoms with Gasteiger partial charge in [0.1, 0.15) is 0 Å². The second-order valence-electron chi connectivity index (χ2n) is 8.09. The third-order valence-corrected chi connectivity index (χ3v) is 5.70. The van der Waals surface area contributed by atoms with Gasteiger partial charge in [0, 0.05) is 16.8 Å². The lowest BCUT2D eigenvalue weighted by molar-refractivity contribution is -0.123. The van der Waals surface area contributed by atoms with Crippen LogP contribution in [0.25, 0.3) is 10.9 Å². The number of nitrogens with one attached hydrogen (secondary N) is 1. The van der Waals surface area contributed by atoms with E-state index in [0.29, 0.717) is 5.56 Å². The second-order valence-corrected chi connectivity index (χ2v) is 8.09. The van der Waals surface area contributed by atoms with Gasteiger partial charge in [0.2, 0.25) is 0 Å². The number of rotatable bonds is 4. The number of fused-ring (bicyclic) bond motifs is 2. The molecule has 2 aromatic carbocycles. The number of pyridine rings is 1. The van der Waals surface area contributed by atoms with Crippen LogP contribution in [-0.4, -0.2) is 23.0 Å². The van der Waals surface area contributed by atoms with Crippen LogP contribution in [0.4, 0.5) is 5.69 Å². The molecule has 1 heterocycles. The molecule has 5 nitrogen and oxygen atoms in total. The van der Waals surface area contributed by atoms with Crippen LogP contribution >= 0.6 is 0 Å². The Morgan fingerprint density at radius 2 is 1.77 bits per heavy atom. The van der Waals surface area contributed by atoms with Crippen LogP contribution in [0, 0.1) is 20.8 Å². The number of hydrogen-bond donors (Lipinski definition) is 1. The van der Waals surface area contributed by atoms with Gasteiger partial charge in [-0.1, -0.05) is 35.9 Å². The summed E-state index contributed by atoms with van der Waals surface area (Å²) in [6.07, 6.45) is 1.73. The maximum Gasteiger partial charge on any atom is 0.339 e. The summed E-state index contributed by atoms with van der Waals surface area (Å²) in [6, 6.07) is 11.6. The Kier molecular flexibility index (Phi) is 5.29. The highest BCUT2D eigenvalue weighted by Crippen LogP contribution is 2.31. The van der Waals surface area contributed by atoms with Crippen LogP contribution in [0.2, 0.25) is 0 Å². The van der Waals surface area contributed by atoms with E-state index in [-0.39, 0.29) is 5.91 Å². The van der Waals surface area contributed by atoms with E-state index in [9.17, 15) is 9.59 Å². The second kappa shape index (κ2) is 7.90. The van der Waals surface area contributed by atoms with Crippen molar-refractivity contribution < 1.29 is 14.3 Å². The third-order valence-electron chi connectivity index (χ3n) is 5.70. The molecule has 4 rings (SSSR count). The predicted octanol–water partition coefficient (Wildman–Crippen LogP) is 4.83. The monoisotopic (exact) mass is 402 g/mol. The highest BCUT2D eigenvalue weighted by atomic mass is 16.5. The summed E-state index contributed by atoms with van der Waals surface area (Å²) in [5.74, 6) is -0.805. The minimum atomic E-state index is -0.915. The van der Waals surface area contributed by atoms with Gasteiger partial charge in [-0.3, -0.25) is 9.78 Å². The maximum absolute atomic E-state index is 13.1. The molecule has 5 heteroatoms. The number of aryl methyl sites for hydroxylation is 4. The summed E-state index contributed by atoms with van der Waals surface area (Å²) in [5.41, 5.74) is 7.13. The first kappa shape index (κ1) is 20.1. The van der Waals surface area contributed by atoms with Gasteiger partial charge in [-0.05, 0) is 69.7 Å². The van der Waals surface area contributed by atoms with Gasteiger partial charge in [-0.25, -0.2) is 4.79 Å². The first-order valence-corrected chi connectivity index (χ1v) is 10.4. The first-order valence-electron chi connectivity index (χ1n) is 10.4. The van der Waals surface area contributed by atoms with E-state index in [4.69, 9.17) is 9.72 Å². The molecule has 0 saturated carbocycles. The molecule has 1 atom stereocenters. The third kappa shape index (κ3) is 3.67. The highest BCUT2D eigenvalue weighted by Gasteiger charge is 2.27. The largest absolute Gasteiger partial charge is 0.449 e. The van der Waals surface area contributed by atoms with Crippen molar-refractivity contribution in [1.82, 2.24) is 4.98 Å². The number of carbonyl (C=O) groups is 2. The van der Waals surface area contributed by atoms with Crippen molar-refractivity contribution in [3.63, 3.8) is 0 Å². The number of anilines is 1. The van der Waals surface area contributed by atoms with E-state index in [1.54, 1.807) is 6.92 Å². The maximum atomic E-state index is 13.1. The molecule has 0 fully saturated rings. The molecule has 1 aromatic heterocycles. The van der Waals surface area contributed by atoms with Crippen LogP contribution in [0.1, 0.15) is 51.7 Å². The number of hydrogen-bond acceptors (Lipinski definition) is 4. The van der Waals surface area contributed by atoms with Gasteiger partial charge in [0.25, 0.3) is 5.91 Å². The first-order chi connectivity index (χ1) is 14.3. The van der Waals surface area contributed by atoms with Gasteiger partial charge in [0.15, 0.2) is 6.10 Å². The number of ether oxygens (including phenoxy) is 1. The fourth-order valence-corrected chi connectivity index (χ4v) is 4.32. The molecule has 154 valence electrons. The van der Waals surface area contributed by atoms with Crippen LogP contribution in [0.5, 0.6) is 0 Å². The molecule has 1 amide bonds. The van der Waals surface area contributed by atoms with Gasteiger partial charge >= 0.3 is 5.97 Å². The number of benzene rings is 2. The molecule has 1 aliphatic carbocycles. The van der Waals surface area contributed by atoms with Crippen molar-refractivity contribution >= 4 is 28.5 Å². The standard InChI is InChI=1S/C25H26N2O3/c1-14-12-15(2)23(16(3)13-14)27-24(28)17(4)30-25(29)22-18-8-5-6-10-20(18)26-21-11-7-9-19(21)22/h5-6,8,10,12-13,17H,7,9,11H2,1-4H3,(H,27,28)/t17-/m0/s1. The lowest BCUT2D eigenvalue weighted by Crippen LogP contribution is -2.31. The Morgan fingerprint density at radius 3 is 2.50 bits per heavy atom. The molecule has 0 aliphatic heterocycles. The average molecular weight is 402 g/mol. The van der Waals surface area contributed by atoms with Crippen molar-refractivity contribution in [1.29, 1.82) is 0 Å². The number of aromatic nitrogens is 1. The van der Waals surface area contributed by atoms with Gasteiger partial charge < -0.3 is 10.1 Å². The van der Waals surface area contributed by atoms with Crippen molar-refractivity contribution in [3.8, 4) is 0 Å². The Hall–Kier alpha value is -3.21. The van der Waals surface area contributed by atoms with Crippen molar-refractivity contribution in [3.05, 3.63) is 69.9 Å². The summed E-state index contributed by atoms with van der Waals surface area (Å²) in [4.78, 5) is 30.6. The summed E-state index contributed by atoms with van der Waals surface area (Å²) in [7, 11) is 0. The molecule has 1 aliphatic rings. The average Bonchev–Trinajstić information content (AvgIpc) is 3.16. The molecular weight excluding hydrogens is 376 g/mol. The summed E-state index contributed by atoms with van der Waals surface area (Å²) >= 11 is 0. The molecule has 30 heavy (non-hydrogen) atoms. The topological polar surface area (TPSA) is 68.3 Å². The smallest absolute Gasteiger partial charge is 0.339 e. The van der Waals surface area contributed by atoms with Gasteiger partial charge in [0.05, 0.1) is 11.1 Å². The predicted molar refractivity (Wildman–Crippen MR) is 118 cm³/mol. The van der Waals surface area contributed by atoms with Crippen LogP contribution in [0.15, 0.2) is 36.4 Å². The zero-order chi connectivity index (χ0) is 21.4. The summed E-state index contributed by atoms with van der Waals surface area (Å²) in [6.45, 7) is 7.54. The molecule has 0 radical (unpaired) electrons. The quantitative estimate of drug-likeness (QED) is 0.635. The van der Waals surface area contributed by atoms with Gasteiger partial charge in [-0.2, -0.15) is 0 Å². The lowest BCUT2D eigenvalue weighted by Gasteiger charge is -2.18. The van der Waals surface area contributed by atoms with Crippen LogP contribution in [-0.2, 0) is 22.4 Å². The Morgan fingerprint density at radius 1 is 1.07 bits per heavy atom. The molecule has 0 spiro atoms. The molecular formula is C25H26N2O3. The lowest BCUT2D eigenvalue weighted by atomic mass is 10.0. The van der Waals surface area contributed by atoms with E-state index in [2.05, 4.69) is 5.32 Å².